The zero-order valence-electron chi connectivity index (χ0n) is 15.2. The van der Waals surface area contributed by atoms with Crippen LogP contribution in [0.4, 0.5) is 5.00 Å². The number of anilines is 1. The van der Waals surface area contributed by atoms with Gasteiger partial charge >= 0.3 is 5.97 Å². The smallest absolute Gasteiger partial charge is 0.348 e. The Balaban J connectivity index is 1.72. The number of ether oxygens (including phenoxy) is 1. The number of hydrogen-bond acceptors (Lipinski definition) is 9. The van der Waals surface area contributed by atoms with Crippen LogP contribution in [0, 0.1) is 18.3 Å². The van der Waals surface area contributed by atoms with E-state index in [0.717, 1.165) is 22.9 Å². The maximum Gasteiger partial charge on any atom is 0.348 e. The Hall–Kier alpha value is -3.03. The molecule has 0 aromatic carbocycles. The normalized spacial score (nSPS) is 11.0. The summed E-state index contributed by atoms with van der Waals surface area (Å²) in [5.41, 5.74) is 6.72. The number of nitrogens with one attached hydrogen (secondary N) is 1. The SMILES string of the molecule is CCOC(=O)c1sc(N)c(C#N)c1CSc1n[nH]c(C=Cc2ccc(C)o2)n1. The number of nitrogens with two attached hydrogens (primary N) is 1. The monoisotopic (exact) mass is 415 g/mol. The minimum Gasteiger partial charge on any atom is -0.462 e. The van der Waals surface area contributed by atoms with Crippen molar-refractivity contribution < 1.29 is 13.9 Å². The third-order valence-electron chi connectivity index (χ3n) is 3.60. The van der Waals surface area contributed by atoms with Crippen molar-refractivity contribution in [1.82, 2.24) is 15.2 Å². The lowest BCUT2D eigenvalue weighted by molar-refractivity contribution is 0.0531. The topological polar surface area (TPSA) is 131 Å². The third kappa shape index (κ3) is 4.44. The molecule has 3 aromatic rings. The number of thioether (sulfide) groups is 1. The molecular weight excluding hydrogens is 398 g/mol. The quantitative estimate of drug-likeness (QED) is 0.439. The van der Waals surface area contributed by atoms with E-state index in [2.05, 4.69) is 21.3 Å². The van der Waals surface area contributed by atoms with E-state index in [9.17, 15) is 10.1 Å². The first kappa shape index (κ1) is 19.7. The first-order valence-corrected chi connectivity index (χ1v) is 10.1. The highest BCUT2D eigenvalue weighted by molar-refractivity contribution is 7.98. The van der Waals surface area contributed by atoms with Crippen LogP contribution < -0.4 is 5.73 Å². The van der Waals surface area contributed by atoms with E-state index in [4.69, 9.17) is 14.9 Å². The molecule has 0 saturated heterocycles. The van der Waals surface area contributed by atoms with Gasteiger partial charge in [0.25, 0.3) is 0 Å². The second kappa shape index (κ2) is 8.77. The van der Waals surface area contributed by atoms with Crippen LogP contribution in [0.2, 0.25) is 0 Å². The van der Waals surface area contributed by atoms with Crippen LogP contribution in [0.25, 0.3) is 12.2 Å². The van der Waals surface area contributed by atoms with E-state index < -0.39 is 5.97 Å². The van der Waals surface area contributed by atoms with Gasteiger partial charge in [-0.25, -0.2) is 9.78 Å². The molecule has 0 spiro atoms. The molecule has 0 aliphatic heterocycles. The maximum absolute atomic E-state index is 12.1. The number of H-pyrrole nitrogens is 1. The Kier molecular flexibility index (Phi) is 6.18. The van der Waals surface area contributed by atoms with Crippen molar-refractivity contribution in [2.75, 3.05) is 12.3 Å². The Morgan fingerprint density at radius 2 is 2.32 bits per heavy atom. The number of nitrogens with zero attached hydrogens (tertiary/aromatic N) is 3. The summed E-state index contributed by atoms with van der Waals surface area (Å²) in [7, 11) is 0. The van der Waals surface area contributed by atoms with Crippen LogP contribution in [0.3, 0.4) is 0 Å². The van der Waals surface area contributed by atoms with Gasteiger partial charge in [0.15, 0.2) is 0 Å². The number of carbonyl (C=O) groups is 1. The highest BCUT2D eigenvalue weighted by Crippen LogP contribution is 2.35. The molecular formula is C18H17N5O3S2. The van der Waals surface area contributed by atoms with E-state index in [1.165, 1.54) is 11.8 Å². The molecule has 0 atom stereocenters. The predicted octanol–water partition coefficient (Wildman–Crippen LogP) is 3.86. The first-order valence-electron chi connectivity index (χ1n) is 8.29. The van der Waals surface area contributed by atoms with Crippen LogP contribution >= 0.6 is 23.1 Å². The number of nitrogen functional groups attached to an aromatic ring is 1. The number of furan rings is 1. The van der Waals surface area contributed by atoms with E-state index in [0.29, 0.717) is 37.7 Å². The fraction of sp³-hybridized carbons (Fsp3) is 0.222. The number of rotatable bonds is 7. The summed E-state index contributed by atoms with van der Waals surface area (Å²) in [5, 5.41) is 17.1. The molecule has 3 N–H and O–H groups in total. The average Bonchev–Trinajstić information content (AvgIpc) is 3.37. The van der Waals surface area contributed by atoms with E-state index in [-0.39, 0.29) is 6.61 Å². The van der Waals surface area contributed by atoms with Crippen molar-refractivity contribution >= 4 is 46.2 Å². The van der Waals surface area contributed by atoms with Gasteiger partial charge in [-0.15, -0.1) is 16.4 Å². The summed E-state index contributed by atoms with van der Waals surface area (Å²) >= 11 is 2.35. The van der Waals surface area contributed by atoms with Crippen LogP contribution in [0.15, 0.2) is 21.7 Å². The average molecular weight is 416 g/mol. The summed E-state index contributed by atoms with van der Waals surface area (Å²) in [6.07, 6.45) is 3.54. The Bertz CT molecular complexity index is 1060. The standard InChI is InChI=1S/C18H17N5O3S2/c1-3-25-17(24)15-13(12(8-19)16(20)28-15)9-27-18-21-14(22-23-18)7-6-11-5-4-10(2)26-11/h4-7H,3,9,20H2,1-2H3,(H,21,22,23). The lowest BCUT2D eigenvalue weighted by Crippen LogP contribution is -2.05. The zero-order valence-corrected chi connectivity index (χ0v) is 16.8. The molecule has 0 radical (unpaired) electrons. The number of nitriles is 1. The van der Waals surface area contributed by atoms with Gasteiger partial charge in [-0.05, 0) is 38.1 Å². The van der Waals surface area contributed by atoms with Crippen molar-refractivity contribution in [3.8, 4) is 6.07 Å². The zero-order chi connectivity index (χ0) is 20.1. The fourth-order valence-electron chi connectivity index (χ4n) is 2.34. The predicted molar refractivity (Wildman–Crippen MR) is 108 cm³/mol. The molecule has 0 unspecified atom stereocenters. The van der Waals surface area contributed by atoms with Gasteiger partial charge in [-0.2, -0.15) is 5.26 Å². The van der Waals surface area contributed by atoms with Gasteiger partial charge in [0, 0.05) is 11.3 Å². The lowest BCUT2D eigenvalue weighted by Gasteiger charge is -2.02. The van der Waals surface area contributed by atoms with Crippen molar-refractivity contribution in [2.45, 2.75) is 24.8 Å². The van der Waals surface area contributed by atoms with Gasteiger partial charge < -0.3 is 14.9 Å². The number of aryl methyl sites for hydroxylation is 1. The van der Waals surface area contributed by atoms with Crippen molar-refractivity contribution in [3.63, 3.8) is 0 Å². The van der Waals surface area contributed by atoms with Crippen LogP contribution in [0.5, 0.6) is 0 Å². The molecule has 0 fully saturated rings. The first-order chi connectivity index (χ1) is 13.5. The van der Waals surface area contributed by atoms with Gasteiger partial charge in [-0.3, -0.25) is 5.10 Å². The van der Waals surface area contributed by atoms with Gasteiger partial charge in [0.1, 0.15) is 33.3 Å². The molecule has 10 heteroatoms. The van der Waals surface area contributed by atoms with Crippen LogP contribution in [-0.2, 0) is 10.5 Å². The highest BCUT2D eigenvalue weighted by atomic mass is 32.2. The van der Waals surface area contributed by atoms with E-state index >= 15 is 0 Å². The highest BCUT2D eigenvalue weighted by Gasteiger charge is 2.23. The van der Waals surface area contributed by atoms with Crippen LogP contribution in [-0.4, -0.2) is 27.8 Å². The molecule has 0 saturated carbocycles. The molecule has 3 aromatic heterocycles. The van der Waals surface area contributed by atoms with Gasteiger partial charge in [0.2, 0.25) is 5.16 Å². The number of esters is 1. The largest absolute Gasteiger partial charge is 0.462 e. The molecule has 3 rings (SSSR count). The minimum absolute atomic E-state index is 0.247. The summed E-state index contributed by atoms with van der Waals surface area (Å²) in [6.45, 7) is 3.84. The third-order valence-corrected chi connectivity index (χ3v) is 5.52. The molecule has 0 amide bonds. The van der Waals surface area contributed by atoms with Crippen molar-refractivity contribution in [1.29, 1.82) is 5.26 Å². The molecule has 0 bridgehead atoms. The summed E-state index contributed by atoms with van der Waals surface area (Å²) in [6, 6.07) is 5.79. The van der Waals surface area contributed by atoms with Crippen molar-refractivity contribution in [3.05, 3.63) is 45.5 Å². The molecule has 144 valence electrons. The van der Waals surface area contributed by atoms with Crippen molar-refractivity contribution in [2.24, 2.45) is 0 Å². The summed E-state index contributed by atoms with van der Waals surface area (Å²) < 4.78 is 10.5. The molecule has 28 heavy (non-hydrogen) atoms. The molecule has 3 heterocycles. The molecule has 8 nitrogen and oxygen atoms in total. The Morgan fingerprint density at radius 1 is 1.50 bits per heavy atom. The summed E-state index contributed by atoms with van der Waals surface area (Å²) in [4.78, 5) is 16.8. The number of carbonyl (C=O) groups excluding carboxylic acids is 1. The van der Waals surface area contributed by atoms with Gasteiger partial charge in [0.05, 0.1) is 12.2 Å². The van der Waals surface area contributed by atoms with E-state index in [1.807, 2.05) is 19.1 Å². The van der Waals surface area contributed by atoms with Crippen LogP contribution in [0.1, 0.15) is 45.1 Å². The summed E-state index contributed by atoms with van der Waals surface area (Å²) in [5.74, 6) is 1.95. The second-order valence-electron chi connectivity index (χ2n) is 5.55. The number of aromatic amines is 1. The molecule has 0 aliphatic carbocycles. The number of hydrogen-bond donors (Lipinski definition) is 2. The second-order valence-corrected chi connectivity index (χ2v) is 7.55. The number of aromatic nitrogens is 3. The lowest BCUT2D eigenvalue weighted by atomic mass is 10.2. The van der Waals surface area contributed by atoms with E-state index in [1.54, 1.807) is 19.1 Å². The maximum atomic E-state index is 12.1. The fourth-order valence-corrected chi connectivity index (χ4v) is 4.20. The minimum atomic E-state index is -0.483. The molecule has 0 aliphatic rings. The Morgan fingerprint density at radius 3 is 3.00 bits per heavy atom. The Labute approximate surface area is 169 Å². The van der Waals surface area contributed by atoms with Gasteiger partial charge in [-0.1, -0.05) is 11.8 Å². The number of thiophene rings is 1.